The predicted octanol–water partition coefficient (Wildman–Crippen LogP) is 5.82. The van der Waals surface area contributed by atoms with Crippen LogP contribution in [0.3, 0.4) is 0 Å². The normalized spacial score (nSPS) is 18.6. The Balaban J connectivity index is 1.55. The summed E-state index contributed by atoms with van der Waals surface area (Å²) in [5.41, 5.74) is 5.10. The van der Waals surface area contributed by atoms with Gasteiger partial charge in [-0.2, -0.15) is 0 Å². The number of carbonyl (C=O) groups is 2. The van der Waals surface area contributed by atoms with E-state index in [0.717, 1.165) is 22.6 Å². The Hall–Kier alpha value is -4.52. The zero-order chi connectivity index (χ0) is 28.2. The van der Waals surface area contributed by atoms with Crippen LogP contribution in [0, 0.1) is 0 Å². The van der Waals surface area contributed by atoms with E-state index in [1.807, 2.05) is 73.7 Å². The van der Waals surface area contributed by atoms with Crippen molar-refractivity contribution in [1.29, 1.82) is 0 Å². The molecule has 40 heavy (non-hydrogen) atoms. The number of benzene rings is 3. The smallest absolute Gasteiger partial charge is 0.337 e. The highest BCUT2D eigenvalue weighted by molar-refractivity contribution is 6.04. The molecule has 0 saturated carbocycles. The van der Waals surface area contributed by atoms with Crippen LogP contribution in [0.25, 0.3) is 0 Å². The maximum Gasteiger partial charge on any atom is 0.337 e. The van der Waals surface area contributed by atoms with Crippen LogP contribution in [-0.2, 0) is 20.9 Å². The summed E-state index contributed by atoms with van der Waals surface area (Å²) in [5.74, 6) is 0.779. The number of ether oxygens (including phenoxy) is 4. The summed E-state index contributed by atoms with van der Waals surface area (Å²) in [4.78, 5) is 27.6. The molecule has 0 spiro atoms. The second kappa shape index (κ2) is 11.7. The molecule has 2 atom stereocenters. The summed E-state index contributed by atoms with van der Waals surface area (Å²) in [6.45, 7) is 1.98. The third kappa shape index (κ3) is 5.32. The summed E-state index contributed by atoms with van der Waals surface area (Å²) in [7, 11) is 4.79. The topological polar surface area (TPSA) is 83.1 Å². The maximum absolute atomic E-state index is 13.9. The molecule has 3 aromatic rings. The molecular formula is C33H33NO6. The van der Waals surface area contributed by atoms with Gasteiger partial charge in [0.05, 0.1) is 32.8 Å². The lowest BCUT2D eigenvalue weighted by molar-refractivity contribution is -0.140. The molecule has 0 amide bonds. The zero-order valence-electron chi connectivity index (χ0n) is 23.2. The number of carbonyl (C=O) groups excluding carboxylic acids is 2. The van der Waals surface area contributed by atoms with Crippen LogP contribution in [0.5, 0.6) is 17.2 Å². The second-order valence-electron chi connectivity index (χ2n) is 9.96. The predicted molar refractivity (Wildman–Crippen MR) is 151 cm³/mol. The van der Waals surface area contributed by atoms with Gasteiger partial charge in [0, 0.05) is 35.0 Å². The van der Waals surface area contributed by atoms with Gasteiger partial charge in [0.15, 0.2) is 5.78 Å². The quantitative estimate of drug-likeness (QED) is 0.361. The minimum Gasteiger partial charge on any atom is -0.497 e. The molecule has 7 nitrogen and oxygen atoms in total. The van der Waals surface area contributed by atoms with Gasteiger partial charge in [0.2, 0.25) is 0 Å². The summed E-state index contributed by atoms with van der Waals surface area (Å²) in [6, 6.07) is 22.8. The van der Waals surface area contributed by atoms with Crippen LogP contribution in [-0.4, -0.2) is 33.1 Å². The van der Waals surface area contributed by atoms with Crippen molar-refractivity contribution < 1.29 is 28.5 Å². The summed E-state index contributed by atoms with van der Waals surface area (Å²) in [6.07, 6.45) is 0.958. The van der Waals surface area contributed by atoms with E-state index in [-0.39, 0.29) is 18.3 Å². The highest BCUT2D eigenvalue weighted by Crippen LogP contribution is 2.48. The number of esters is 1. The Kier molecular flexibility index (Phi) is 7.91. The molecule has 3 aromatic carbocycles. The van der Waals surface area contributed by atoms with E-state index in [2.05, 4.69) is 5.32 Å². The van der Waals surface area contributed by atoms with E-state index in [9.17, 15) is 9.59 Å². The average molecular weight is 540 g/mol. The van der Waals surface area contributed by atoms with Crippen LogP contribution >= 0.6 is 0 Å². The first-order chi connectivity index (χ1) is 19.4. The average Bonchev–Trinajstić information content (AvgIpc) is 2.99. The van der Waals surface area contributed by atoms with Crippen molar-refractivity contribution in [3.8, 4) is 17.2 Å². The number of hydrogen-bond acceptors (Lipinski definition) is 7. The lowest BCUT2D eigenvalue weighted by Crippen LogP contribution is -2.36. The number of dihydropyridines is 1. The lowest BCUT2D eigenvalue weighted by Gasteiger charge is -2.37. The largest absolute Gasteiger partial charge is 0.497 e. The molecule has 0 aromatic heterocycles. The number of allylic oxidation sites excluding steroid dienone is 3. The van der Waals surface area contributed by atoms with Crippen molar-refractivity contribution in [2.24, 2.45) is 0 Å². The number of hydrogen-bond donors (Lipinski definition) is 1. The van der Waals surface area contributed by atoms with Crippen LogP contribution in [0.1, 0.15) is 48.3 Å². The van der Waals surface area contributed by atoms with E-state index < -0.39 is 11.9 Å². The fraction of sp³-hybridized carbons (Fsp3) is 0.273. The molecule has 0 saturated heterocycles. The third-order valence-electron chi connectivity index (χ3n) is 7.60. The van der Waals surface area contributed by atoms with Gasteiger partial charge in [-0.25, -0.2) is 4.79 Å². The van der Waals surface area contributed by atoms with Crippen LogP contribution in [0.4, 0.5) is 0 Å². The molecule has 2 aliphatic rings. The summed E-state index contributed by atoms with van der Waals surface area (Å²) < 4.78 is 22.2. The monoisotopic (exact) mass is 539 g/mol. The molecule has 1 heterocycles. The second-order valence-corrected chi connectivity index (χ2v) is 9.96. The molecule has 0 bridgehead atoms. The van der Waals surface area contributed by atoms with E-state index >= 15 is 0 Å². The summed E-state index contributed by atoms with van der Waals surface area (Å²) in [5, 5.41) is 3.41. The fourth-order valence-electron chi connectivity index (χ4n) is 5.59. The molecule has 0 unspecified atom stereocenters. The van der Waals surface area contributed by atoms with Crippen LogP contribution in [0.15, 0.2) is 95.3 Å². The van der Waals surface area contributed by atoms with E-state index in [4.69, 9.17) is 18.9 Å². The Morgan fingerprint density at radius 1 is 0.875 bits per heavy atom. The van der Waals surface area contributed by atoms with Crippen LogP contribution in [0.2, 0.25) is 0 Å². The molecule has 206 valence electrons. The van der Waals surface area contributed by atoms with Crippen LogP contribution < -0.4 is 19.5 Å². The van der Waals surface area contributed by atoms with Gasteiger partial charge in [0.25, 0.3) is 0 Å². The number of nitrogens with one attached hydrogen (secondary N) is 1. The van der Waals surface area contributed by atoms with Gasteiger partial charge in [-0.05, 0) is 48.6 Å². The molecule has 0 fully saturated rings. The molecular weight excluding hydrogens is 506 g/mol. The SMILES string of the molecule is COc1ccc([C@@H]2CC(=O)C3=C(C2)NC(C)=C(C(=O)OCc2ccccc2)[C@H]3c2ccc(OC)cc2OC)cc1. The van der Waals surface area contributed by atoms with E-state index in [1.54, 1.807) is 27.4 Å². The maximum atomic E-state index is 13.9. The van der Waals surface area contributed by atoms with Gasteiger partial charge in [-0.3, -0.25) is 4.79 Å². The van der Waals surface area contributed by atoms with Gasteiger partial charge >= 0.3 is 5.97 Å². The number of ketones is 1. The van der Waals surface area contributed by atoms with Crippen molar-refractivity contribution in [3.63, 3.8) is 0 Å². The van der Waals surface area contributed by atoms with E-state index in [1.165, 1.54) is 0 Å². The van der Waals surface area contributed by atoms with Crippen molar-refractivity contribution in [2.45, 2.75) is 38.2 Å². The van der Waals surface area contributed by atoms with Crippen molar-refractivity contribution >= 4 is 11.8 Å². The Labute approximate surface area is 234 Å². The van der Waals surface area contributed by atoms with Gasteiger partial charge in [0.1, 0.15) is 23.9 Å². The third-order valence-corrected chi connectivity index (χ3v) is 7.60. The number of methoxy groups -OCH3 is 3. The summed E-state index contributed by atoms with van der Waals surface area (Å²) >= 11 is 0. The Bertz CT molecular complexity index is 1470. The molecule has 0 radical (unpaired) electrons. The van der Waals surface area contributed by atoms with Gasteiger partial charge < -0.3 is 24.3 Å². The van der Waals surface area contributed by atoms with E-state index in [0.29, 0.717) is 46.7 Å². The molecule has 5 rings (SSSR count). The Morgan fingerprint density at radius 2 is 1.57 bits per heavy atom. The highest BCUT2D eigenvalue weighted by Gasteiger charge is 2.42. The minimum absolute atomic E-state index is 0.00227. The number of Topliss-reactive ketones (excluding diaryl/α,β-unsaturated/α-hetero) is 1. The Morgan fingerprint density at radius 3 is 2.25 bits per heavy atom. The standard InChI is InChI=1S/C33H33NO6/c1-20-30(33(36)40-19-21-8-6-5-7-9-21)31(26-15-14-25(38-3)18-29(26)39-4)32-27(34-20)16-23(17-28(32)35)22-10-12-24(37-2)13-11-22/h5-15,18,23,31,34H,16-17,19H2,1-4H3/t23-,31+/m0/s1. The first-order valence-electron chi connectivity index (χ1n) is 13.2. The highest BCUT2D eigenvalue weighted by atomic mass is 16.5. The first kappa shape index (κ1) is 27.1. The van der Waals surface area contributed by atoms with Gasteiger partial charge in [-0.15, -0.1) is 0 Å². The van der Waals surface area contributed by atoms with Crippen molar-refractivity contribution in [3.05, 3.63) is 112 Å². The fourth-order valence-corrected chi connectivity index (χ4v) is 5.59. The minimum atomic E-state index is -0.648. The zero-order valence-corrected chi connectivity index (χ0v) is 23.2. The van der Waals surface area contributed by atoms with Crippen molar-refractivity contribution in [1.82, 2.24) is 5.32 Å². The molecule has 7 heteroatoms. The first-order valence-corrected chi connectivity index (χ1v) is 13.2. The molecule has 1 aliphatic carbocycles. The van der Waals surface area contributed by atoms with Crippen molar-refractivity contribution in [2.75, 3.05) is 21.3 Å². The van der Waals surface area contributed by atoms with Gasteiger partial charge in [-0.1, -0.05) is 48.5 Å². The lowest BCUT2D eigenvalue weighted by atomic mass is 9.71. The number of rotatable bonds is 8. The molecule has 1 aliphatic heterocycles. The molecule has 1 N–H and O–H groups in total.